The molecule has 1 aromatic heterocycles. The molecule has 1 aromatic carbocycles. The number of nitrogens with one attached hydrogen (secondary N) is 1. The Balaban J connectivity index is 1.36. The van der Waals surface area contributed by atoms with Crippen LogP contribution in [-0.4, -0.2) is 48.0 Å². The highest BCUT2D eigenvalue weighted by Crippen LogP contribution is 2.42. The zero-order valence-electron chi connectivity index (χ0n) is 17.4. The van der Waals surface area contributed by atoms with E-state index >= 15 is 0 Å². The predicted molar refractivity (Wildman–Crippen MR) is 111 cm³/mol. The molecule has 0 spiro atoms. The zero-order chi connectivity index (χ0) is 22.9. The highest BCUT2D eigenvalue weighted by Gasteiger charge is 2.37. The molecule has 4 rings (SSSR count). The lowest BCUT2D eigenvalue weighted by atomic mass is 10.2. The van der Waals surface area contributed by atoms with E-state index in [0.29, 0.717) is 18.8 Å². The lowest BCUT2D eigenvalue weighted by Crippen LogP contribution is -2.35. The number of nitrogens with zero attached hydrogens (tertiary/aromatic N) is 3. The minimum atomic E-state index is -4.51. The van der Waals surface area contributed by atoms with Crippen molar-refractivity contribution in [1.82, 2.24) is 19.4 Å². The van der Waals surface area contributed by atoms with Crippen LogP contribution in [0.15, 0.2) is 35.2 Å². The average molecular weight is 471 g/mol. The van der Waals surface area contributed by atoms with E-state index in [1.807, 2.05) is 0 Å². The number of alkyl halides is 3. The number of rotatable bonds is 7. The van der Waals surface area contributed by atoms with Crippen molar-refractivity contribution in [3.8, 4) is 0 Å². The van der Waals surface area contributed by atoms with Gasteiger partial charge in [0.15, 0.2) is 5.69 Å². The number of hydrogen-bond donors (Lipinski definition) is 1. The van der Waals surface area contributed by atoms with Crippen molar-refractivity contribution < 1.29 is 26.4 Å². The van der Waals surface area contributed by atoms with Crippen LogP contribution < -0.4 is 5.32 Å². The van der Waals surface area contributed by atoms with Crippen molar-refractivity contribution in [2.24, 2.45) is 0 Å². The molecule has 174 valence electrons. The molecule has 1 aliphatic carbocycles. The van der Waals surface area contributed by atoms with E-state index in [1.54, 1.807) is 0 Å². The molecule has 11 heteroatoms. The number of aromatic nitrogens is 2. The quantitative estimate of drug-likeness (QED) is 0.673. The number of sulfonamides is 1. The van der Waals surface area contributed by atoms with Gasteiger partial charge in [0.25, 0.3) is 5.91 Å². The number of amides is 1. The molecule has 2 heterocycles. The molecular formula is C21H25F3N4O3S. The lowest BCUT2D eigenvalue weighted by Gasteiger charge is -2.25. The number of piperidine rings is 1. The Kier molecular flexibility index (Phi) is 6.30. The summed E-state index contributed by atoms with van der Waals surface area (Å²) >= 11 is 0. The summed E-state index contributed by atoms with van der Waals surface area (Å²) in [5, 5.41) is 6.33. The van der Waals surface area contributed by atoms with E-state index in [0.717, 1.165) is 38.2 Å². The van der Waals surface area contributed by atoms with Gasteiger partial charge in [-0.05, 0) is 56.0 Å². The Hall–Kier alpha value is -2.40. The maximum atomic E-state index is 13.0. The fourth-order valence-corrected chi connectivity index (χ4v) is 5.38. The van der Waals surface area contributed by atoms with Gasteiger partial charge >= 0.3 is 6.18 Å². The topological polar surface area (TPSA) is 84.3 Å². The minimum Gasteiger partial charge on any atom is -0.350 e. The average Bonchev–Trinajstić information content (AvgIpc) is 3.52. The molecule has 0 radical (unpaired) electrons. The first kappa shape index (κ1) is 22.8. The van der Waals surface area contributed by atoms with Gasteiger partial charge in [-0.3, -0.25) is 9.48 Å². The van der Waals surface area contributed by atoms with Gasteiger partial charge < -0.3 is 5.32 Å². The summed E-state index contributed by atoms with van der Waals surface area (Å²) in [5.41, 5.74) is -0.100. The molecule has 0 atom stereocenters. The highest BCUT2D eigenvalue weighted by atomic mass is 32.2. The van der Waals surface area contributed by atoms with Crippen LogP contribution in [0.3, 0.4) is 0 Å². The Morgan fingerprint density at radius 3 is 2.34 bits per heavy atom. The van der Waals surface area contributed by atoms with E-state index in [4.69, 9.17) is 0 Å². The summed E-state index contributed by atoms with van der Waals surface area (Å²) in [4.78, 5) is 12.6. The second-order valence-electron chi connectivity index (χ2n) is 8.19. The first-order valence-electron chi connectivity index (χ1n) is 10.7. The summed E-state index contributed by atoms with van der Waals surface area (Å²) in [6, 6.07) is 6.79. The van der Waals surface area contributed by atoms with Crippen LogP contribution in [0, 0.1) is 0 Å². The maximum absolute atomic E-state index is 13.0. The van der Waals surface area contributed by atoms with E-state index < -0.39 is 27.8 Å². The molecule has 2 fully saturated rings. The van der Waals surface area contributed by atoms with Crippen LogP contribution >= 0.6 is 0 Å². The van der Waals surface area contributed by atoms with Crippen LogP contribution in [-0.2, 0) is 22.7 Å². The maximum Gasteiger partial charge on any atom is 0.435 e. The molecule has 0 unspecified atom stereocenters. The normalized spacial score (nSPS) is 18.0. The van der Waals surface area contributed by atoms with Crippen LogP contribution in [0.1, 0.15) is 59.8 Å². The SMILES string of the molecule is O=C(NCCn1nc(C(F)(F)F)cc1C1CC1)c1ccc(S(=O)(=O)N2CCCCC2)cc1. The number of benzene rings is 1. The van der Waals surface area contributed by atoms with Crippen molar-refractivity contribution in [2.75, 3.05) is 19.6 Å². The van der Waals surface area contributed by atoms with E-state index in [9.17, 15) is 26.4 Å². The molecule has 1 N–H and O–H groups in total. The third-order valence-electron chi connectivity index (χ3n) is 5.78. The summed E-state index contributed by atoms with van der Waals surface area (Å²) in [5.74, 6) is -0.341. The molecule has 2 aliphatic rings. The summed E-state index contributed by atoms with van der Waals surface area (Å²) in [7, 11) is -3.58. The van der Waals surface area contributed by atoms with Gasteiger partial charge in [-0.1, -0.05) is 6.42 Å². The van der Waals surface area contributed by atoms with Gasteiger partial charge in [-0.2, -0.15) is 22.6 Å². The van der Waals surface area contributed by atoms with Crippen LogP contribution in [0.5, 0.6) is 0 Å². The number of carbonyl (C=O) groups excluding carboxylic acids is 1. The van der Waals surface area contributed by atoms with Gasteiger partial charge in [0, 0.05) is 36.8 Å². The van der Waals surface area contributed by atoms with E-state index in [1.165, 1.54) is 33.3 Å². The minimum absolute atomic E-state index is 0.0868. The Morgan fingerprint density at radius 2 is 1.75 bits per heavy atom. The third-order valence-corrected chi connectivity index (χ3v) is 7.69. The van der Waals surface area contributed by atoms with E-state index in [2.05, 4.69) is 10.4 Å². The second kappa shape index (κ2) is 8.86. The Bertz CT molecular complexity index is 1070. The molecule has 1 saturated heterocycles. The van der Waals surface area contributed by atoms with Gasteiger partial charge in [0.2, 0.25) is 10.0 Å². The van der Waals surface area contributed by atoms with Crippen molar-refractivity contribution in [3.05, 3.63) is 47.3 Å². The van der Waals surface area contributed by atoms with Gasteiger partial charge in [-0.15, -0.1) is 0 Å². The van der Waals surface area contributed by atoms with Gasteiger partial charge in [0.05, 0.1) is 11.4 Å². The van der Waals surface area contributed by atoms with Gasteiger partial charge in [0.1, 0.15) is 0 Å². The first-order valence-corrected chi connectivity index (χ1v) is 12.1. The van der Waals surface area contributed by atoms with Crippen molar-refractivity contribution in [1.29, 1.82) is 0 Å². The molecule has 1 saturated carbocycles. The standard InChI is InChI=1S/C21H25F3N4O3S/c22-21(23,24)19-14-18(15-4-5-15)28(26-19)13-10-25-20(29)16-6-8-17(9-7-16)32(30,31)27-11-2-1-3-12-27/h6-9,14-15H,1-5,10-13H2,(H,25,29). The van der Waals surface area contributed by atoms with Crippen molar-refractivity contribution in [2.45, 2.75) is 55.6 Å². The molecule has 2 aromatic rings. The summed E-state index contributed by atoms with van der Waals surface area (Å²) in [6.07, 6.45) is -0.145. The summed E-state index contributed by atoms with van der Waals surface area (Å²) in [6.45, 7) is 1.22. The predicted octanol–water partition coefficient (Wildman–Crippen LogP) is 3.38. The molecular weight excluding hydrogens is 445 g/mol. The number of halogens is 3. The molecule has 0 bridgehead atoms. The molecule has 7 nitrogen and oxygen atoms in total. The first-order chi connectivity index (χ1) is 15.2. The Labute approximate surface area is 184 Å². The number of carbonyl (C=O) groups is 1. The molecule has 1 amide bonds. The molecule has 32 heavy (non-hydrogen) atoms. The van der Waals surface area contributed by atoms with Crippen molar-refractivity contribution >= 4 is 15.9 Å². The van der Waals surface area contributed by atoms with Crippen LogP contribution in [0.4, 0.5) is 13.2 Å². The van der Waals surface area contributed by atoms with Crippen molar-refractivity contribution in [3.63, 3.8) is 0 Å². The summed E-state index contributed by atoms with van der Waals surface area (Å²) < 4.78 is 67.1. The largest absolute Gasteiger partial charge is 0.435 e. The Morgan fingerprint density at radius 1 is 1.09 bits per heavy atom. The highest BCUT2D eigenvalue weighted by molar-refractivity contribution is 7.89. The van der Waals surface area contributed by atoms with E-state index in [-0.39, 0.29) is 29.5 Å². The van der Waals surface area contributed by atoms with Gasteiger partial charge in [-0.25, -0.2) is 8.42 Å². The fourth-order valence-electron chi connectivity index (χ4n) is 3.87. The van der Waals surface area contributed by atoms with Crippen LogP contribution in [0.2, 0.25) is 0 Å². The molecule has 1 aliphatic heterocycles. The van der Waals surface area contributed by atoms with Crippen LogP contribution in [0.25, 0.3) is 0 Å². The zero-order valence-corrected chi connectivity index (χ0v) is 18.3. The third kappa shape index (κ3) is 4.98. The number of hydrogen-bond acceptors (Lipinski definition) is 4. The lowest BCUT2D eigenvalue weighted by molar-refractivity contribution is -0.141. The second-order valence-corrected chi connectivity index (χ2v) is 10.1. The fraction of sp³-hybridized carbons (Fsp3) is 0.524. The smallest absolute Gasteiger partial charge is 0.350 e. The monoisotopic (exact) mass is 470 g/mol.